The van der Waals surface area contributed by atoms with Crippen LogP contribution in [0.15, 0.2) is 34.7 Å². The number of rotatable bonds is 5. The van der Waals surface area contributed by atoms with Crippen LogP contribution in [-0.4, -0.2) is 69.7 Å². The zero-order chi connectivity index (χ0) is 18.4. The van der Waals surface area contributed by atoms with Crippen molar-refractivity contribution in [1.82, 2.24) is 19.2 Å². The quantitative estimate of drug-likeness (QED) is 0.728. The molecule has 0 N–H and O–H groups in total. The van der Waals surface area contributed by atoms with Gasteiger partial charge in [0.05, 0.1) is 12.4 Å². The first-order chi connectivity index (χ1) is 12.7. The highest BCUT2D eigenvalue weighted by atomic mass is 32.2. The number of carbonyl (C=O) groups excluding carboxylic acids is 2. The number of ether oxygens (including phenoxy) is 1. The zero-order valence-corrected chi connectivity index (χ0v) is 16.1. The Labute approximate surface area is 160 Å². The lowest BCUT2D eigenvalue weighted by Gasteiger charge is -2.33. The van der Waals surface area contributed by atoms with E-state index >= 15 is 0 Å². The van der Waals surface area contributed by atoms with Gasteiger partial charge in [0.2, 0.25) is 5.91 Å². The van der Waals surface area contributed by atoms with E-state index in [-0.39, 0.29) is 12.0 Å². The van der Waals surface area contributed by atoms with Crippen LogP contribution in [0.3, 0.4) is 0 Å². The molecule has 2 heterocycles. The molecule has 7 nitrogen and oxygen atoms in total. The first-order valence-corrected chi connectivity index (χ1v) is 10.1. The Bertz CT molecular complexity index is 745. The van der Waals surface area contributed by atoms with Crippen molar-refractivity contribution in [3.8, 4) is 11.4 Å². The molecule has 1 aliphatic rings. The number of hydrogen-bond acceptors (Lipinski definition) is 7. The van der Waals surface area contributed by atoms with Crippen molar-refractivity contribution in [3.05, 3.63) is 30.3 Å². The van der Waals surface area contributed by atoms with E-state index in [1.807, 2.05) is 30.3 Å². The Morgan fingerprint density at radius 1 is 1.15 bits per heavy atom. The molecule has 1 aromatic heterocycles. The van der Waals surface area contributed by atoms with E-state index in [2.05, 4.69) is 9.36 Å². The van der Waals surface area contributed by atoms with Crippen LogP contribution in [0.1, 0.15) is 6.92 Å². The summed E-state index contributed by atoms with van der Waals surface area (Å²) < 4.78 is 10.1. The second-order valence-electron chi connectivity index (χ2n) is 5.61. The maximum absolute atomic E-state index is 12.4. The molecular weight excluding hydrogens is 372 g/mol. The van der Waals surface area contributed by atoms with Crippen LogP contribution >= 0.6 is 23.3 Å². The van der Waals surface area contributed by atoms with Gasteiger partial charge in [-0.15, -0.1) is 0 Å². The normalized spacial score (nSPS) is 14.3. The number of carbonyl (C=O) groups is 2. The van der Waals surface area contributed by atoms with Gasteiger partial charge in [-0.05, 0) is 18.5 Å². The topological polar surface area (TPSA) is 75.6 Å². The standard InChI is InChI=1S/C17H20N4O3S2/c1-2-24-17(23)21-10-8-20(9-11-21)14(22)12-25-16-18-15(19-26-16)13-6-4-3-5-7-13/h3-7H,2,8-12H2,1H3. The largest absolute Gasteiger partial charge is 0.450 e. The van der Waals surface area contributed by atoms with Crippen LogP contribution in [0.25, 0.3) is 11.4 Å². The van der Waals surface area contributed by atoms with Crippen molar-refractivity contribution in [1.29, 1.82) is 0 Å². The monoisotopic (exact) mass is 392 g/mol. The molecule has 0 unspecified atom stereocenters. The van der Waals surface area contributed by atoms with Gasteiger partial charge in [-0.2, -0.15) is 4.37 Å². The third kappa shape index (κ3) is 4.73. The summed E-state index contributed by atoms with van der Waals surface area (Å²) in [5.74, 6) is 1.06. The molecule has 0 radical (unpaired) electrons. The fraction of sp³-hybridized carbons (Fsp3) is 0.412. The highest BCUT2D eigenvalue weighted by Gasteiger charge is 2.25. The molecular formula is C17H20N4O3S2. The van der Waals surface area contributed by atoms with Crippen LogP contribution < -0.4 is 0 Å². The van der Waals surface area contributed by atoms with Gasteiger partial charge in [-0.1, -0.05) is 42.1 Å². The zero-order valence-electron chi connectivity index (χ0n) is 14.5. The number of aromatic nitrogens is 2. The molecule has 0 spiro atoms. The van der Waals surface area contributed by atoms with Crippen molar-refractivity contribution in [2.24, 2.45) is 0 Å². The Balaban J connectivity index is 1.46. The lowest BCUT2D eigenvalue weighted by Crippen LogP contribution is -2.51. The van der Waals surface area contributed by atoms with Gasteiger partial charge >= 0.3 is 6.09 Å². The Morgan fingerprint density at radius 3 is 2.54 bits per heavy atom. The van der Waals surface area contributed by atoms with E-state index < -0.39 is 0 Å². The third-order valence-corrected chi connectivity index (χ3v) is 5.74. The third-order valence-electron chi connectivity index (χ3n) is 3.92. The number of benzene rings is 1. The minimum atomic E-state index is -0.309. The van der Waals surface area contributed by atoms with Crippen molar-refractivity contribution in [3.63, 3.8) is 0 Å². The van der Waals surface area contributed by atoms with Crippen molar-refractivity contribution < 1.29 is 14.3 Å². The predicted octanol–water partition coefficient (Wildman–Crippen LogP) is 2.60. The maximum atomic E-state index is 12.4. The maximum Gasteiger partial charge on any atom is 0.409 e. The SMILES string of the molecule is CCOC(=O)N1CCN(C(=O)CSc2nc(-c3ccccc3)ns2)CC1. The van der Waals surface area contributed by atoms with Gasteiger partial charge in [0.1, 0.15) is 0 Å². The number of nitrogens with zero attached hydrogens (tertiary/aromatic N) is 4. The summed E-state index contributed by atoms with van der Waals surface area (Å²) in [6, 6.07) is 9.77. The average Bonchev–Trinajstić information content (AvgIpc) is 3.16. The lowest BCUT2D eigenvalue weighted by molar-refractivity contribution is -0.129. The molecule has 1 aliphatic heterocycles. The van der Waals surface area contributed by atoms with Crippen molar-refractivity contribution in [2.75, 3.05) is 38.5 Å². The highest BCUT2D eigenvalue weighted by Crippen LogP contribution is 2.25. The molecule has 0 atom stereocenters. The van der Waals surface area contributed by atoms with E-state index in [1.54, 1.807) is 16.7 Å². The molecule has 9 heteroatoms. The molecule has 1 fully saturated rings. The Kier molecular flexibility index (Phi) is 6.45. The summed E-state index contributed by atoms with van der Waals surface area (Å²) in [5.41, 5.74) is 0.969. The molecule has 1 saturated heterocycles. The van der Waals surface area contributed by atoms with Crippen LogP contribution in [-0.2, 0) is 9.53 Å². The van der Waals surface area contributed by atoms with E-state index in [0.29, 0.717) is 44.4 Å². The van der Waals surface area contributed by atoms with Gasteiger partial charge < -0.3 is 14.5 Å². The van der Waals surface area contributed by atoms with Gasteiger partial charge in [0.15, 0.2) is 10.2 Å². The van der Waals surface area contributed by atoms with Gasteiger partial charge in [0.25, 0.3) is 0 Å². The number of thioether (sulfide) groups is 1. The summed E-state index contributed by atoms with van der Waals surface area (Å²) in [4.78, 5) is 32.0. The van der Waals surface area contributed by atoms with Crippen LogP contribution in [0.2, 0.25) is 0 Å². The Hall–Kier alpha value is -2.13. The molecule has 1 aromatic carbocycles. The van der Waals surface area contributed by atoms with Crippen LogP contribution in [0.4, 0.5) is 4.79 Å². The summed E-state index contributed by atoms with van der Waals surface area (Å²) in [6.45, 7) is 4.22. The minimum absolute atomic E-state index is 0.0509. The summed E-state index contributed by atoms with van der Waals surface area (Å²) in [7, 11) is 0. The highest BCUT2D eigenvalue weighted by molar-refractivity contribution is 8.01. The molecule has 2 amide bonds. The number of amides is 2. The molecule has 138 valence electrons. The van der Waals surface area contributed by atoms with Crippen LogP contribution in [0.5, 0.6) is 0 Å². The van der Waals surface area contributed by atoms with Crippen molar-refractivity contribution >= 4 is 35.3 Å². The van der Waals surface area contributed by atoms with E-state index in [4.69, 9.17) is 4.74 Å². The predicted molar refractivity (Wildman–Crippen MR) is 101 cm³/mol. The molecule has 0 aliphatic carbocycles. The lowest BCUT2D eigenvalue weighted by atomic mass is 10.2. The molecule has 0 saturated carbocycles. The fourth-order valence-electron chi connectivity index (χ4n) is 2.54. The van der Waals surface area contributed by atoms with Crippen molar-refractivity contribution in [2.45, 2.75) is 11.3 Å². The molecule has 0 bridgehead atoms. The smallest absolute Gasteiger partial charge is 0.409 e. The second-order valence-corrected chi connectivity index (χ2v) is 7.58. The van der Waals surface area contributed by atoms with Gasteiger partial charge in [-0.25, -0.2) is 9.78 Å². The van der Waals surface area contributed by atoms with Gasteiger partial charge in [0, 0.05) is 31.7 Å². The number of piperazine rings is 1. The molecule has 2 aromatic rings. The van der Waals surface area contributed by atoms with Gasteiger partial charge in [-0.3, -0.25) is 4.79 Å². The Morgan fingerprint density at radius 2 is 1.85 bits per heavy atom. The fourth-order valence-corrected chi connectivity index (χ4v) is 4.06. The molecule has 3 rings (SSSR count). The van der Waals surface area contributed by atoms with E-state index in [0.717, 1.165) is 9.90 Å². The summed E-state index contributed by atoms with van der Waals surface area (Å²) in [5, 5.41) is 0. The summed E-state index contributed by atoms with van der Waals surface area (Å²) in [6.07, 6.45) is -0.309. The average molecular weight is 393 g/mol. The van der Waals surface area contributed by atoms with Crippen LogP contribution in [0, 0.1) is 0 Å². The number of hydrogen-bond donors (Lipinski definition) is 0. The van der Waals surface area contributed by atoms with E-state index in [1.165, 1.54) is 23.3 Å². The summed E-state index contributed by atoms with van der Waals surface area (Å²) >= 11 is 2.71. The first-order valence-electron chi connectivity index (χ1n) is 8.38. The second kappa shape index (κ2) is 9.00. The molecule has 26 heavy (non-hydrogen) atoms. The minimum Gasteiger partial charge on any atom is -0.450 e. The first kappa shape index (κ1) is 18.7. The van der Waals surface area contributed by atoms with E-state index in [9.17, 15) is 9.59 Å².